The maximum atomic E-state index is 12.1. The van der Waals surface area contributed by atoms with Crippen LogP contribution in [0.25, 0.3) is 0 Å². The molecule has 1 fully saturated rings. The van der Waals surface area contributed by atoms with E-state index in [2.05, 4.69) is 10.2 Å². The number of nitrogens with one attached hydrogen (secondary N) is 1. The monoisotopic (exact) mass is 225 g/mol. The van der Waals surface area contributed by atoms with E-state index in [1.165, 1.54) is 0 Å². The molecule has 2 rings (SSSR count). The Morgan fingerprint density at radius 1 is 1.81 bits per heavy atom. The van der Waals surface area contributed by atoms with E-state index in [1.807, 2.05) is 6.92 Å². The number of aromatic nitrogens is 2. The largest absolute Gasteiger partial charge is 0.394 e. The molecular weight excluding hydrogens is 210 g/mol. The first kappa shape index (κ1) is 11.1. The Morgan fingerprint density at radius 2 is 2.62 bits per heavy atom. The minimum atomic E-state index is -0.266. The van der Waals surface area contributed by atoms with Gasteiger partial charge in [-0.2, -0.15) is 5.10 Å². The standard InChI is InChI=1S/C10H15N3O3/c1-7-4-9(12-11-7)10(15)13-2-3-16-6-8(13)5-14/h4,8,14H,2-3,5-6H2,1H3,(H,11,12). The number of carbonyl (C=O) groups is 1. The lowest BCUT2D eigenvalue weighted by atomic mass is 10.2. The Balaban J connectivity index is 2.13. The summed E-state index contributed by atoms with van der Waals surface area (Å²) in [6.07, 6.45) is 0. The number of hydrogen-bond acceptors (Lipinski definition) is 4. The molecule has 88 valence electrons. The van der Waals surface area contributed by atoms with Crippen molar-refractivity contribution in [1.82, 2.24) is 15.1 Å². The van der Waals surface area contributed by atoms with Crippen LogP contribution in [0.3, 0.4) is 0 Å². The minimum Gasteiger partial charge on any atom is -0.394 e. The summed E-state index contributed by atoms with van der Waals surface area (Å²) < 4.78 is 5.21. The van der Waals surface area contributed by atoms with E-state index in [9.17, 15) is 4.79 Å². The molecule has 1 amide bonds. The van der Waals surface area contributed by atoms with Gasteiger partial charge in [0.2, 0.25) is 0 Å². The van der Waals surface area contributed by atoms with Gasteiger partial charge in [-0.05, 0) is 13.0 Å². The molecule has 0 bridgehead atoms. The number of ether oxygens (including phenoxy) is 1. The molecule has 0 spiro atoms. The molecule has 2 heterocycles. The molecule has 2 N–H and O–H groups in total. The second-order valence-corrected chi connectivity index (χ2v) is 3.85. The number of nitrogens with zero attached hydrogens (tertiary/aromatic N) is 2. The second-order valence-electron chi connectivity index (χ2n) is 3.85. The first-order valence-electron chi connectivity index (χ1n) is 5.24. The fraction of sp³-hybridized carbons (Fsp3) is 0.600. The van der Waals surface area contributed by atoms with Gasteiger partial charge in [-0.1, -0.05) is 0 Å². The van der Waals surface area contributed by atoms with Crippen LogP contribution in [0.2, 0.25) is 0 Å². The van der Waals surface area contributed by atoms with Gasteiger partial charge in [-0.15, -0.1) is 0 Å². The van der Waals surface area contributed by atoms with E-state index in [-0.39, 0.29) is 18.6 Å². The van der Waals surface area contributed by atoms with Gasteiger partial charge in [-0.3, -0.25) is 9.89 Å². The fourth-order valence-corrected chi connectivity index (χ4v) is 1.75. The van der Waals surface area contributed by atoms with E-state index < -0.39 is 0 Å². The van der Waals surface area contributed by atoms with Gasteiger partial charge in [0.05, 0.1) is 25.9 Å². The Kier molecular flexibility index (Phi) is 3.21. The van der Waals surface area contributed by atoms with Crippen LogP contribution in [-0.2, 0) is 4.74 Å². The first-order valence-corrected chi connectivity index (χ1v) is 5.24. The molecule has 0 aliphatic carbocycles. The van der Waals surface area contributed by atoms with Crippen molar-refractivity contribution in [3.63, 3.8) is 0 Å². The van der Waals surface area contributed by atoms with Crippen LogP contribution < -0.4 is 0 Å². The Labute approximate surface area is 93.2 Å². The summed E-state index contributed by atoms with van der Waals surface area (Å²) in [5.41, 5.74) is 1.23. The number of hydrogen-bond donors (Lipinski definition) is 2. The van der Waals surface area contributed by atoms with Crippen LogP contribution in [0, 0.1) is 6.92 Å². The topological polar surface area (TPSA) is 78.5 Å². The van der Waals surface area contributed by atoms with Crippen LogP contribution in [0.15, 0.2) is 6.07 Å². The van der Waals surface area contributed by atoms with E-state index in [0.29, 0.717) is 25.5 Å². The summed E-state index contributed by atoms with van der Waals surface area (Å²) in [5.74, 6) is -0.160. The Bertz CT molecular complexity index is 377. The number of aliphatic hydroxyl groups is 1. The number of rotatable bonds is 2. The predicted octanol–water partition coefficient (Wildman–Crippen LogP) is -0.449. The number of aliphatic hydroxyl groups excluding tert-OH is 1. The molecule has 1 saturated heterocycles. The third-order valence-electron chi connectivity index (χ3n) is 2.62. The van der Waals surface area contributed by atoms with Crippen LogP contribution in [0.1, 0.15) is 16.2 Å². The van der Waals surface area contributed by atoms with E-state index in [0.717, 1.165) is 5.69 Å². The van der Waals surface area contributed by atoms with E-state index in [4.69, 9.17) is 9.84 Å². The summed E-state index contributed by atoms with van der Waals surface area (Å²) in [5, 5.41) is 15.8. The van der Waals surface area contributed by atoms with Gasteiger partial charge < -0.3 is 14.7 Å². The summed E-state index contributed by atoms with van der Waals surface area (Å²) in [7, 11) is 0. The maximum absolute atomic E-state index is 12.1. The molecule has 6 heteroatoms. The molecule has 1 unspecified atom stereocenters. The number of aromatic amines is 1. The van der Waals surface area contributed by atoms with Crippen molar-refractivity contribution in [1.29, 1.82) is 0 Å². The molecule has 1 aliphatic heterocycles. The van der Waals surface area contributed by atoms with Crippen molar-refractivity contribution in [3.05, 3.63) is 17.5 Å². The second kappa shape index (κ2) is 4.63. The van der Waals surface area contributed by atoms with Crippen LogP contribution in [0.5, 0.6) is 0 Å². The average molecular weight is 225 g/mol. The molecule has 1 aliphatic rings. The minimum absolute atomic E-state index is 0.0881. The number of H-pyrrole nitrogens is 1. The highest BCUT2D eigenvalue weighted by Crippen LogP contribution is 2.11. The number of amides is 1. The normalized spacial score (nSPS) is 21.1. The highest BCUT2D eigenvalue weighted by Gasteiger charge is 2.28. The van der Waals surface area contributed by atoms with E-state index in [1.54, 1.807) is 11.0 Å². The fourth-order valence-electron chi connectivity index (χ4n) is 1.75. The van der Waals surface area contributed by atoms with Crippen molar-refractivity contribution >= 4 is 5.91 Å². The quantitative estimate of drug-likeness (QED) is 0.714. The Hall–Kier alpha value is -1.40. The molecule has 16 heavy (non-hydrogen) atoms. The number of carbonyl (C=O) groups excluding carboxylic acids is 1. The first-order chi connectivity index (χ1) is 7.72. The van der Waals surface area contributed by atoms with Gasteiger partial charge in [0.1, 0.15) is 5.69 Å². The van der Waals surface area contributed by atoms with Gasteiger partial charge >= 0.3 is 0 Å². The van der Waals surface area contributed by atoms with E-state index >= 15 is 0 Å². The van der Waals surface area contributed by atoms with Crippen molar-refractivity contribution in [2.45, 2.75) is 13.0 Å². The summed E-state index contributed by atoms with van der Waals surface area (Å²) >= 11 is 0. The molecule has 0 radical (unpaired) electrons. The lowest BCUT2D eigenvalue weighted by molar-refractivity contribution is -0.0186. The van der Waals surface area contributed by atoms with Crippen molar-refractivity contribution in [2.24, 2.45) is 0 Å². The zero-order chi connectivity index (χ0) is 11.5. The van der Waals surface area contributed by atoms with Crippen molar-refractivity contribution in [3.8, 4) is 0 Å². The zero-order valence-electron chi connectivity index (χ0n) is 9.14. The number of aryl methyl sites for hydroxylation is 1. The number of morpholine rings is 1. The molecule has 1 aromatic heterocycles. The summed E-state index contributed by atoms with van der Waals surface area (Å²) in [4.78, 5) is 13.7. The molecule has 0 aromatic carbocycles. The maximum Gasteiger partial charge on any atom is 0.274 e. The molecule has 1 aromatic rings. The SMILES string of the molecule is Cc1cc(C(=O)N2CCOCC2CO)n[nH]1. The average Bonchev–Trinajstić information content (AvgIpc) is 2.75. The molecule has 0 saturated carbocycles. The third-order valence-corrected chi connectivity index (χ3v) is 2.62. The highest BCUT2D eigenvalue weighted by atomic mass is 16.5. The van der Waals surface area contributed by atoms with Crippen LogP contribution >= 0.6 is 0 Å². The van der Waals surface area contributed by atoms with Gasteiger partial charge in [0, 0.05) is 12.2 Å². The van der Waals surface area contributed by atoms with Crippen molar-refractivity contribution in [2.75, 3.05) is 26.4 Å². The summed E-state index contributed by atoms with van der Waals surface area (Å²) in [6, 6.07) is 1.44. The molecule has 1 atom stereocenters. The Morgan fingerprint density at radius 3 is 3.25 bits per heavy atom. The van der Waals surface area contributed by atoms with Gasteiger partial charge in [0.25, 0.3) is 5.91 Å². The van der Waals surface area contributed by atoms with Gasteiger partial charge in [-0.25, -0.2) is 0 Å². The smallest absolute Gasteiger partial charge is 0.274 e. The lowest BCUT2D eigenvalue weighted by Gasteiger charge is -2.33. The molecule has 6 nitrogen and oxygen atoms in total. The zero-order valence-corrected chi connectivity index (χ0v) is 9.14. The van der Waals surface area contributed by atoms with Crippen LogP contribution in [-0.4, -0.2) is 58.5 Å². The highest BCUT2D eigenvalue weighted by molar-refractivity contribution is 5.92. The predicted molar refractivity (Wildman–Crippen MR) is 56.1 cm³/mol. The molecular formula is C10H15N3O3. The third kappa shape index (κ3) is 2.07. The van der Waals surface area contributed by atoms with Gasteiger partial charge in [0.15, 0.2) is 0 Å². The lowest BCUT2D eigenvalue weighted by Crippen LogP contribution is -2.50. The summed E-state index contributed by atoms with van der Waals surface area (Å²) in [6.45, 7) is 3.13. The van der Waals surface area contributed by atoms with Crippen molar-refractivity contribution < 1.29 is 14.6 Å². The van der Waals surface area contributed by atoms with Crippen LogP contribution in [0.4, 0.5) is 0 Å².